The lowest BCUT2D eigenvalue weighted by molar-refractivity contribution is 1.47. The van der Waals surface area contributed by atoms with Gasteiger partial charge in [-0.1, -0.05) is 135 Å². The molecule has 0 unspecified atom stereocenters. The summed E-state index contributed by atoms with van der Waals surface area (Å²) in [5.74, 6) is 0. The Bertz CT molecular complexity index is 381. The Balaban J connectivity index is -0.000000171. The molecule has 0 atom stereocenters. The molecule has 0 bridgehead atoms. The summed E-state index contributed by atoms with van der Waals surface area (Å²) in [5.41, 5.74) is 0. The molecule has 0 aliphatic carbocycles. The van der Waals surface area contributed by atoms with Gasteiger partial charge in [-0.25, -0.2) is 0 Å². The number of rotatable bonds is 3. The fraction of sp³-hybridized carbons (Fsp3) is 0.381. The molecule has 0 radical (unpaired) electrons. The predicted molar refractivity (Wildman–Crippen MR) is 145 cm³/mol. The third-order valence-electron chi connectivity index (χ3n) is 1.72. The first-order valence-corrected chi connectivity index (χ1v) is 18.8. The minimum absolute atomic E-state index is 0.310. The summed E-state index contributed by atoms with van der Waals surface area (Å²) in [6.45, 7) is 16.0. The lowest BCUT2D eigenvalue weighted by atomic mass is 10.4. The Morgan fingerprint density at radius 3 is 1.00 bits per heavy atom. The Morgan fingerprint density at radius 1 is 0.600 bits per heavy atom. The van der Waals surface area contributed by atoms with Gasteiger partial charge >= 0.3 is 0 Å². The van der Waals surface area contributed by atoms with E-state index in [1.807, 2.05) is 67.5 Å². The van der Waals surface area contributed by atoms with E-state index in [1.165, 1.54) is 9.79 Å². The maximum absolute atomic E-state index is 3.58. The highest BCUT2D eigenvalue weighted by Crippen LogP contribution is 2.36. The van der Waals surface area contributed by atoms with Gasteiger partial charge in [0, 0.05) is 9.79 Å². The van der Waals surface area contributed by atoms with Crippen LogP contribution < -0.4 is 0 Å². The highest BCUT2D eigenvalue weighted by molar-refractivity contribution is 15.0. The van der Waals surface area contributed by atoms with Crippen LogP contribution in [-0.4, -0.2) is 4.51 Å². The zero-order valence-electron chi connectivity index (χ0n) is 17.1. The van der Waals surface area contributed by atoms with E-state index in [2.05, 4.69) is 71.7 Å². The summed E-state index contributed by atoms with van der Waals surface area (Å²) < 4.78 is 3.58. The topological polar surface area (TPSA) is 0 Å². The van der Waals surface area contributed by atoms with Gasteiger partial charge in [0.15, 0.2) is 0 Å². The molecule has 0 N–H and O–H groups in total. The van der Waals surface area contributed by atoms with Crippen LogP contribution in [0.15, 0.2) is 70.5 Å². The van der Waals surface area contributed by atoms with Crippen LogP contribution >= 0.6 is 57.0 Å². The summed E-state index contributed by atoms with van der Waals surface area (Å²) in [6.07, 6.45) is 0. The quantitative estimate of drug-likeness (QED) is 0.252. The molecular weight excluding hydrogens is 570 g/mol. The molecule has 0 fully saturated rings. The number of benzene rings is 2. The summed E-state index contributed by atoms with van der Waals surface area (Å²) in [6, 6.07) is 20.8. The Hall–Kier alpha value is 0.470. The Morgan fingerprint density at radius 2 is 0.800 bits per heavy atom. The minimum atomic E-state index is 0.310. The molecule has 0 heterocycles. The minimum Gasteiger partial charge on any atom is -0.0683 e. The summed E-state index contributed by atoms with van der Waals surface area (Å²) >= 11 is 2.60. The van der Waals surface area contributed by atoms with Crippen LogP contribution in [0.5, 0.6) is 0 Å². The molecule has 0 aliphatic heterocycles. The monoisotopic (exact) mass is 606 g/mol. The van der Waals surface area contributed by atoms with Crippen LogP contribution in [0, 0.1) is 0 Å². The van der Waals surface area contributed by atoms with Crippen molar-refractivity contribution in [1.29, 1.82) is 0 Å². The molecule has 0 spiro atoms. The Kier molecular flexibility index (Phi) is 47.1. The van der Waals surface area contributed by atoms with E-state index in [-0.39, 0.29) is 0 Å². The number of hydrogen-bond donors (Lipinski definition) is 0. The third-order valence-corrected chi connectivity index (χ3v) is 4.14. The lowest BCUT2D eigenvalue weighted by Crippen LogP contribution is -1.67. The fourth-order valence-electron chi connectivity index (χ4n) is 1.05. The van der Waals surface area contributed by atoms with Crippen molar-refractivity contribution in [3.63, 3.8) is 0 Å². The first-order valence-electron chi connectivity index (χ1n) is 8.81. The first-order chi connectivity index (χ1) is 12.4. The van der Waals surface area contributed by atoms with E-state index in [9.17, 15) is 0 Å². The molecule has 4 heteroatoms. The fourth-order valence-corrected chi connectivity index (χ4v) is 3.02. The maximum atomic E-state index is 3.58. The van der Waals surface area contributed by atoms with E-state index in [0.29, 0.717) is 16.8 Å². The molecule has 0 nitrogen and oxygen atoms in total. The van der Waals surface area contributed by atoms with Gasteiger partial charge in [0.25, 0.3) is 0 Å². The van der Waals surface area contributed by atoms with Gasteiger partial charge in [0.2, 0.25) is 0 Å². The van der Waals surface area contributed by atoms with Gasteiger partial charge in [0.1, 0.15) is 0 Å². The molecule has 0 amide bonds. The van der Waals surface area contributed by atoms with Crippen LogP contribution in [0.25, 0.3) is 0 Å². The number of halogens is 2. The lowest BCUT2D eigenvalue weighted by Gasteiger charge is -1.99. The molecule has 2 aromatic rings. The van der Waals surface area contributed by atoms with E-state index in [1.54, 1.807) is 21.6 Å². The highest BCUT2D eigenvalue weighted by atomic mass is 128. The van der Waals surface area contributed by atoms with Crippen LogP contribution in [-0.2, 0) is 0 Å². The third kappa shape index (κ3) is 26.8. The molecule has 0 aromatic heterocycles. The van der Waals surface area contributed by atoms with Crippen molar-refractivity contribution >= 4 is 61.5 Å². The zero-order chi connectivity index (χ0) is 20.3. The first kappa shape index (κ1) is 33.1. The molecule has 0 aliphatic rings. The van der Waals surface area contributed by atoms with Crippen LogP contribution in [0.3, 0.4) is 0 Å². The van der Waals surface area contributed by atoms with Gasteiger partial charge in [-0.3, -0.25) is 0 Å². The summed E-state index contributed by atoms with van der Waals surface area (Å²) in [4.78, 5) is 2.59. The second-order valence-corrected chi connectivity index (χ2v) is 9.61. The van der Waals surface area contributed by atoms with Gasteiger partial charge in [0.05, 0.1) is 0 Å². The molecule has 146 valence electrons. The average Bonchev–Trinajstić information content (AvgIpc) is 2.74. The molecular formula is C21H36I2S2. The average molecular weight is 606 g/mol. The maximum Gasteiger partial charge on any atom is 0.0186 e. The molecule has 0 saturated carbocycles. The van der Waals surface area contributed by atoms with E-state index < -0.39 is 0 Å². The SMILES string of the molecule is C=II.CC.CC.CC.CC.c1ccc(SSc2ccccc2)cc1. The molecule has 2 rings (SSSR count). The van der Waals surface area contributed by atoms with Crippen molar-refractivity contribution in [2.24, 2.45) is 0 Å². The Labute approximate surface area is 185 Å². The van der Waals surface area contributed by atoms with Crippen LogP contribution in [0.4, 0.5) is 0 Å². The standard InChI is InChI=1S/C12H10S2.4C2H6.CH2I2/c1-3-7-11(8-4-1)13-14-12-9-5-2-6-10-12;4*1-2;1-3-2/h1-10H;4*1-2H3;1H2. The van der Waals surface area contributed by atoms with E-state index in [4.69, 9.17) is 0 Å². The van der Waals surface area contributed by atoms with Crippen molar-refractivity contribution in [3.05, 3.63) is 60.7 Å². The summed E-state index contributed by atoms with van der Waals surface area (Å²) in [7, 11) is 3.58. The normalized spacial score (nSPS) is 7.24. The second-order valence-electron chi connectivity index (χ2n) is 2.89. The van der Waals surface area contributed by atoms with Crippen molar-refractivity contribution in [1.82, 2.24) is 0 Å². The number of hydrogen-bond acceptors (Lipinski definition) is 2. The van der Waals surface area contributed by atoms with Crippen molar-refractivity contribution in [3.8, 4) is 0 Å². The van der Waals surface area contributed by atoms with Crippen LogP contribution in [0.2, 0.25) is 0 Å². The second kappa shape index (κ2) is 35.6. The molecule has 0 saturated heterocycles. The van der Waals surface area contributed by atoms with Gasteiger partial charge in [-0.2, -0.15) is 0 Å². The van der Waals surface area contributed by atoms with Gasteiger partial charge < -0.3 is 0 Å². The highest BCUT2D eigenvalue weighted by Gasteiger charge is 1.94. The van der Waals surface area contributed by atoms with Crippen molar-refractivity contribution in [2.75, 3.05) is 0 Å². The van der Waals surface area contributed by atoms with Gasteiger partial charge in [-0.05, 0) is 42.9 Å². The zero-order valence-corrected chi connectivity index (χ0v) is 23.0. The van der Waals surface area contributed by atoms with E-state index >= 15 is 0 Å². The van der Waals surface area contributed by atoms with Crippen molar-refractivity contribution in [2.45, 2.75) is 65.2 Å². The van der Waals surface area contributed by atoms with Crippen LogP contribution in [0.1, 0.15) is 55.4 Å². The smallest absolute Gasteiger partial charge is 0.0186 e. The van der Waals surface area contributed by atoms with Crippen molar-refractivity contribution < 1.29 is 0 Å². The van der Waals surface area contributed by atoms with Gasteiger partial charge in [-0.15, -0.1) is 0 Å². The van der Waals surface area contributed by atoms with E-state index in [0.717, 1.165) is 0 Å². The molecule has 2 aromatic carbocycles. The summed E-state index contributed by atoms with van der Waals surface area (Å²) in [5, 5.41) is 0. The largest absolute Gasteiger partial charge is 0.0683 e. The molecule has 25 heavy (non-hydrogen) atoms. The predicted octanol–water partition coefficient (Wildman–Crippen LogP) is 10.3.